The number of hydrogen-bond acceptors (Lipinski definition) is 5. The van der Waals surface area contributed by atoms with Crippen LogP contribution in [0, 0.1) is 0 Å². The van der Waals surface area contributed by atoms with Crippen molar-refractivity contribution in [1.82, 2.24) is 0 Å². The average Bonchev–Trinajstić information content (AvgIpc) is 2.31. The van der Waals surface area contributed by atoms with Gasteiger partial charge in [0, 0.05) is 0 Å². The number of carbonyl (C=O) groups excluding carboxylic acids is 1. The van der Waals surface area contributed by atoms with Crippen molar-refractivity contribution in [1.29, 1.82) is 0 Å². The van der Waals surface area contributed by atoms with Crippen LogP contribution in [-0.4, -0.2) is 29.8 Å². The number of carboxylic acids is 1. The molecule has 0 heterocycles. The van der Waals surface area contributed by atoms with Crippen LogP contribution in [-0.2, 0) is 9.53 Å². The van der Waals surface area contributed by atoms with Crippen molar-refractivity contribution in [2.75, 3.05) is 12.3 Å². The van der Waals surface area contributed by atoms with Crippen molar-refractivity contribution in [3.05, 3.63) is 23.8 Å². The second-order valence-electron chi connectivity index (χ2n) is 3.57. The zero-order chi connectivity index (χ0) is 13.7. The van der Waals surface area contributed by atoms with Crippen molar-refractivity contribution in [2.45, 2.75) is 20.0 Å². The standard InChI is InChI=1S/C12H15NO5/c1-3-17-10-5-4-8(6-9(10)13)12(16)18-7(2)11(14)15/h4-7H,3,13H2,1-2H3,(H,14,15). The Labute approximate surface area is 104 Å². The van der Waals surface area contributed by atoms with E-state index in [4.69, 9.17) is 20.3 Å². The Morgan fingerprint density at radius 3 is 2.61 bits per heavy atom. The lowest BCUT2D eigenvalue weighted by atomic mass is 10.2. The maximum Gasteiger partial charge on any atom is 0.344 e. The summed E-state index contributed by atoms with van der Waals surface area (Å²) in [5, 5.41) is 8.62. The Bertz CT molecular complexity index is 458. The van der Waals surface area contributed by atoms with E-state index in [0.717, 1.165) is 0 Å². The lowest BCUT2D eigenvalue weighted by Crippen LogP contribution is -2.23. The van der Waals surface area contributed by atoms with Gasteiger partial charge < -0.3 is 20.3 Å². The summed E-state index contributed by atoms with van der Waals surface area (Å²) in [6, 6.07) is 4.40. The zero-order valence-electron chi connectivity index (χ0n) is 10.2. The third-order valence-electron chi connectivity index (χ3n) is 2.18. The van der Waals surface area contributed by atoms with Crippen LogP contribution < -0.4 is 10.5 Å². The van der Waals surface area contributed by atoms with Gasteiger partial charge in [0.1, 0.15) is 5.75 Å². The molecule has 6 nitrogen and oxygen atoms in total. The number of nitrogens with two attached hydrogens (primary N) is 1. The van der Waals surface area contributed by atoms with Crippen molar-refractivity contribution < 1.29 is 24.2 Å². The SMILES string of the molecule is CCOc1ccc(C(=O)OC(C)C(=O)O)cc1N. The molecule has 18 heavy (non-hydrogen) atoms. The number of rotatable bonds is 5. The van der Waals surface area contributed by atoms with Gasteiger partial charge in [-0.3, -0.25) is 0 Å². The summed E-state index contributed by atoms with van der Waals surface area (Å²) in [5.74, 6) is -1.47. The van der Waals surface area contributed by atoms with E-state index in [1.165, 1.54) is 19.1 Å². The van der Waals surface area contributed by atoms with Gasteiger partial charge in [-0.25, -0.2) is 9.59 Å². The van der Waals surface area contributed by atoms with Crippen LogP contribution in [0.5, 0.6) is 5.75 Å². The van der Waals surface area contributed by atoms with E-state index in [1.807, 2.05) is 6.92 Å². The molecular weight excluding hydrogens is 238 g/mol. The molecule has 0 aliphatic carbocycles. The van der Waals surface area contributed by atoms with Crippen LogP contribution in [0.25, 0.3) is 0 Å². The molecule has 0 radical (unpaired) electrons. The largest absolute Gasteiger partial charge is 0.492 e. The summed E-state index contributed by atoms with van der Waals surface area (Å²) in [7, 11) is 0. The highest BCUT2D eigenvalue weighted by atomic mass is 16.6. The topological polar surface area (TPSA) is 98.8 Å². The summed E-state index contributed by atoms with van der Waals surface area (Å²) in [6.45, 7) is 3.55. The van der Waals surface area contributed by atoms with Crippen molar-refractivity contribution in [3.63, 3.8) is 0 Å². The number of aliphatic carboxylic acids is 1. The van der Waals surface area contributed by atoms with Gasteiger partial charge in [-0.15, -0.1) is 0 Å². The molecule has 0 aromatic heterocycles. The molecule has 0 aliphatic rings. The quantitative estimate of drug-likeness (QED) is 0.606. The van der Waals surface area contributed by atoms with Gasteiger partial charge >= 0.3 is 11.9 Å². The van der Waals surface area contributed by atoms with E-state index in [-0.39, 0.29) is 5.56 Å². The predicted molar refractivity (Wildman–Crippen MR) is 64.5 cm³/mol. The van der Waals surface area contributed by atoms with Crippen LogP contribution in [0.4, 0.5) is 5.69 Å². The monoisotopic (exact) mass is 253 g/mol. The van der Waals surface area contributed by atoms with Crippen molar-refractivity contribution >= 4 is 17.6 Å². The first-order valence-corrected chi connectivity index (χ1v) is 5.41. The molecule has 0 amide bonds. The Morgan fingerprint density at radius 2 is 2.11 bits per heavy atom. The number of carbonyl (C=O) groups is 2. The van der Waals surface area contributed by atoms with E-state index < -0.39 is 18.0 Å². The predicted octanol–water partition coefficient (Wildman–Crippen LogP) is 1.30. The van der Waals surface area contributed by atoms with Crippen LogP contribution in [0.3, 0.4) is 0 Å². The Kier molecular flexibility index (Phi) is 4.53. The molecule has 0 aliphatic heterocycles. The lowest BCUT2D eigenvalue weighted by Gasteiger charge is -2.10. The molecule has 0 saturated carbocycles. The molecule has 1 aromatic rings. The van der Waals surface area contributed by atoms with Gasteiger partial charge in [0.15, 0.2) is 6.10 Å². The fourth-order valence-electron chi connectivity index (χ4n) is 1.24. The minimum Gasteiger partial charge on any atom is -0.492 e. The smallest absolute Gasteiger partial charge is 0.344 e. The molecule has 98 valence electrons. The van der Waals surface area contributed by atoms with Crippen LogP contribution in [0.15, 0.2) is 18.2 Å². The summed E-state index contributed by atoms with van der Waals surface area (Å²) < 4.78 is 9.94. The Hall–Kier alpha value is -2.24. The fraction of sp³-hybridized carbons (Fsp3) is 0.333. The van der Waals surface area contributed by atoms with E-state index in [2.05, 4.69) is 0 Å². The number of carboxylic acid groups (broad SMARTS) is 1. The molecule has 6 heteroatoms. The number of esters is 1. The maximum atomic E-state index is 11.6. The van der Waals surface area contributed by atoms with E-state index >= 15 is 0 Å². The van der Waals surface area contributed by atoms with Gasteiger partial charge in [0.2, 0.25) is 0 Å². The average molecular weight is 253 g/mol. The molecule has 1 aromatic carbocycles. The number of nitrogen functional groups attached to an aromatic ring is 1. The minimum atomic E-state index is -1.21. The fourth-order valence-corrected chi connectivity index (χ4v) is 1.24. The van der Waals surface area contributed by atoms with E-state index in [9.17, 15) is 9.59 Å². The minimum absolute atomic E-state index is 0.184. The molecule has 0 bridgehead atoms. The summed E-state index contributed by atoms with van der Waals surface area (Å²) in [6.07, 6.45) is -1.20. The second-order valence-corrected chi connectivity index (χ2v) is 3.57. The van der Waals surface area contributed by atoms with Gasteiger partial charge in [0.05, 0.1) is 17.9 Å². The van der Waals surface area contributed by atoms with E-state index in [1.54, 1.807) is 6.07 Å². The highest BCUT2D eigenvalue weighted by Crippen LogP contribution is 2.23. The van der Waals surface area contributed by atoms with Crippen LogP contribution in [0.2, 0.25) is 0 Å². The number of ether oxygens (including phenoxy) is 2. The molecule has 0 spiro atoms. The van der Waals surface area contributed by atoms with Crippen molar-refractivity contribution in [2.24, 2.45) is 0 Å². The third-order valence-corrected chi connectivity index (χ3v) is 2.18. The molecule has 0 saturated heterocycles. The van der Waals surface area contributed by atoms with E-state index in [0.29, 0.717) is 18.0 Å². The lowest BCUT2D eigenvalue weighted by molar-refractivity contribution is -0.146. The third kappa shape index (κ3) is 3.38. The first-order chi connectivity index (χ1) is 8.45. The van der Waals surface area contributed by atoms with Crippen molar-refractivity contribution in [3.8, 4) is 5.75 Å². The highest BCUT2D eigenvalue weighted by Gasteiger charge is 2.18. The summed E-state index contributed by atoms with van der Waals surface area (Å²) in [5.41, 5.74) is 6.17. The molecular formula is C12H15NO5. The van der Waals surface area contributed by atoms with Crippen LogP contribution >= 0.6 is 0 Å². The highest BCUT2D eigenvalue weighted by molar-refractivity contribution is 5.92. The van der Waals surface area contributed by atoms with Gasteiger partial charge in [0.25, 0.3) is 0 Å². The first-order valence-electron chi connectivity index (χ1n) is 5.41. The van der Waals surface area contributed by atoms with Gasteiger partial charge in [-0.05, 0) is 32.0 Å². The van der Waals surface area contributed by atoms with Gasteiger partial charge in [-0.1, -0.05) is 0 Å². The number of hydrogen-bond donors (Lipinski definition) is 2. The molecule has 3 N–H and O–H groups in total. The second kappa shape index (κ2) is 5.90. The molecule has 1 rings (SSSR count). The number of benzene rings is 1. The molecule has 1 unspecified atom stereocenters. The normalized spacial score (nSPS) is 11.7. The summed E-state index contributed by atoms with van der Waals surface area (Å²) >= 11 is 0. The first kappa shape index (κ1) is 13.8. The Morgan fingerprint density at radius 1 is 1.44 bits per heavy atom. The molecule has 1 atom stereocenters. The summed E-state index contributed by atoms with van der Waals surface area (Å²) in [4.78, 5) is 22.1. The van der Waals surface area contributed by atoms with Gasteiger partial charge in [-0.2, -0.15) is 0 Å². The zero-order valence-corrected chi connectivity index (χ0v) is 10.2. The molecule has 0 fully saturated rings. The van der Waals surface area contributed by atoms with Crippen LogP contribution in [0.1, 0.15) is 24.2 Å². The number of anilines is 1. The Balaban J connectivity index is 2.81. The maximum absolute atomic E-state index is 11.6.